The fraction of sp³-hybridized carbons (Fsp3) is 0.412. The summed E-state index contributed by atoms with van der Waals surface area (Å²) in [5.41, 5.74) is 1.25. The van der Waals surface area contributed by atoms with Crippen molar-refractivity contribution in [2.75, 3.05) is 11.9 Å². The Hall–Kier alpha value is -1.77. The Balaban J connectivity index is 1.76. The van der Waals surface area contributed by atoms with E-state index in [4.69, 9.17) is 0 Å². The topological polar surface area (TPSA) is 79.4 Å². The maximum atomic E-state index is 12.8. The highest BCUT2D eigenvalue weighted by Gasteiger charge is 2.30. The molecule has 1 saturated heterocycles. The number of rotatable bonds is 4. The largest absolute Gasteiger partial charge is 0.298 e. The lowest BCUT2D eigenvalue weighted by Gasteiger charge is -2.32. The van der Waals surface area contributed by atoms with E-state index in [1.54, 1.807) is 4.31 Å². The summed E-state index contributed by atoms with van der Waals surface area (Å²) in [6.45, 7) is 4.34. The number of hydrogen-bond donors (Lipinski definition) is 1. The van der Waals surface area contributed by atoms with Crippen LogP contribution in [0, 0.1) is 6.92 Å². The molecule has 0 bridgehead atoms. The average Bonchev–Trinajstić information content (AvgIpc) is 3.00. The number of carbonyl (C=O) groups is 1. The van der Waals surface area contributed by atoms with Gasteiger partial charge in [-0.1, -0.05) is 6.42 Å². The van der Waals surface area contributed by atoms with E-state index in [-0.39, 0.29) is 16.8 Å². The van der Waals surface area contributed by atoms with Crippen LogP contribution >= 0.6 is 11.3 Å². The van der Waals surface area contributed by atoms with Crippen LogP contribution in [0.25, 0.3) is 0 Å². The molecule has 134 valence electrons. The number of nitrogens with one attached hydrogen (secondary N) is 1. The minimum absolute atomic E-state index is 0.00914. The molecule has 6 nitrogen and oxygen atoms in total. The number of aromatic nitrogens is 1. The highest BCUT2D eigenvalue weighted by Crippen LogP contribution is 2.25. The molecular formula is C17H21N3O3S2. The highest BCUT2D eigenvalue weighted by atomic mass is 32.2. The van der Waals surface area contributed by atoms with Crippen molar-refractivity contribution in [3.63, 3.8) is 0 Å². The van der Waals surface area contributed by atoms with Gasteiger partial charge in [0.25, 0.3) is 5.91 Å². The van der Waals surface area contributed by atoms with Gasteiger partial charge in [0.2, 0.25) is 10.0 Å². The van der Waals surface area contributed by atoms with Gasteiger partial charge in [-0.3, -0.25) is 10.1 Å². The molecule has 1 aromatic carbocycles. The van der Waals surface area contributed by atoms with Crippen molar-refractivity contribution in [1.82, 2.24) is 9.29 Å². The number of hydrogen-bond acceptors (Lipinski definition) is 5. The van der Waals surface area contributed by atoms with Gasteiger partial charge in [-0.25, -0.2) is 13.4 Å². The Morgan fingerprint density at radius 2 is 2.00 bits per heavy atom. The fourth-order valence-corrected chi connectivity index (χ4v) is 5.31. The Labute approximate surface area is 151 Å². The standard InChI is InChI=1S/C17H21N3O3S2/c1-12-11-24-17(18-12)19-16(21)14-6-8-15(9-7-14)25(22,23)20-10-4-3-5-13(20)2/h6-9,11,13H,3-5,10H2,1-2H3,(H,18,19,21)/t13-/m1/s1. The molecule has 3 rings (SSSR count). The van der Waals surface area contributed by atoms with Gasteiger partial charge >= 0.3 is 0 Å². The van der Waals surface area contributed by atoms with E-state index in [9.17, 15) is 13.2 Å². The van der Waals surface area contributed by atoms with Gasteiger partial charge in [0, 0.05) is 23.5 Å². The molecule has 1 amide bonds. The lowest BCUT2D eigenvalue weighted by atomic mass is 10.1. The molecule has 2 aromatic rings. The zero-order valence-corrected chi connectivity index (χ0v) is 15.9. The third-order valence-corrected chi connectivity index (χ3v) is 7.21. The molecule has 8 heteroatoms. The second kappa shape index (κ2) is 7.23. The highest BCUT2D eigenvalue weighted by molar-refractivity contribution is 7.89. The number of anilines is 1. The third kappa shape index (κ3) is 3.91. The summed E-state index contributed by atoms with van der Waals surface area (Å²) in [6.07, 6.45) is 2.83. The first-order valence-corrected chi connectivity index (χ1v) is 10.6. The van der Waals surface area contributed by atoms with Crippen LogP contribution in [0.4, 0.5) is 5.13 Å². The number of amides is 1. The zero-order chi connectivity index (χ0) is 18.0. The van der Waals surface area contributed by atoms with Crippen molar-refractivity contribution in [3.05, 3.63) is 40.9 Å². The van der Waals surface area contributed by atoms with Gasteiger partial charge in [0.15, 0.2) is 5.13 Å². The molecule has 2 heterocycles. The van der Waals surface area contributed by atoms with Crippen LogP contribution in [0.2, 0.25) is 0 Å². The van der Waals surface area contributed by atoms with Gasteiger partial charge < -0.3 is 0 Å². The van der Waals surface area contributed by atoms with Crippen LogP contribution < -0.4 is 5.32 Å². The summed E-state index contributed by atoms with van der Waals surface area (Å²) in [5.74, 6) is -0.301. The molecule has 0 unspecified atom stereocenters. The predicted molar refractivity (Wildman–Crippen MR) is 98.5 cm³/mol. The number of benzene rings is 1. The first kappa shape index (κ1) is 18.0. The molecule has 1 atom stereocenters. The van der Waals surface area contributed by atoms with Crippen molar-refractivity contribution < 1.29 is 13.2 Å². The van der Waals surface area contributed by atoms with Crippen molar-refractivity contribution in [1.29, 1.82) is 0 Å². The molecule has 0 radical (unpaired) electrons. The number of piperidine rings is 1. The van der Waals surface area contributed by atoms with E-state index < -0.39 is 10.0 Å². The van der Waals surface area contributed by atoms with Crippen LogP contribution in [0.1, 0.15) is 42.2 Å². The average molecular weight is 380 g/mol. The van der Waals surface area contributed by atoms with E-state index in [2.05, 4.69) is 10.3 Å². The summed E-state index contributed by atoms with van der Waals surface area (Å²) < 4.78 is 27.1. The van der Waals surface area contributed by atoms with E-state index in [0.29, 0.717) is 17.2 Å². The number of thiazole rings is 1. The van der Waals surface area contributed by atoms with Crippen LogP contribution in [0.3, 0.4) is 0 Å². The van der Waals surface area contributed by atoms with Crippen LogP contribution in [-0.4, -0.2) is 36.2 Å². The number of aryl methyl sites for hydroxylation is 1. The summed E-state index contributed by atoms with van der Waals surface area (Å²) in [5, 5.41) is 5.10. The van der Waals surface area contributed by atoms with Crippen molar-refractivity contribution in [3.8, 4) is 0 Å². The van der Waals surface area contributed by atoms with Gasteiger partial charge in [-0.05, 0) is 51.0 Å². The minimum Gasteiger partial charge on any atom is -0.298 e. The fourth-order valence-electron chi connectivity index (χ4n) is 2.92. The SMILES string of the molecule is Cc1csc(NC(=O)c2ccc(S(=O)(=O)N3CCCC[C@H]3C)cc2)n1. The van der Waals surface area contributed by atoms with E-state index >= 15 is 0 Å². The van der Waals surface area contributed by atoms with Crippen LogP contribution in [0.15, 0.2) is 34.5 Å². The molecule has 0 aliphatic carbocycles. The number of carbonyl (C=O) groups excluding carboxylic acids is 1. The Bertz CT molecular complexity index is 860. The zero-order valence-electron chi connectivity index (χ0n) is 14.2. The van der Waals surface area contributed by atoms with Crippen molar-refractivity contribution in [2.45, 2.75) is 44.0 Å². The quantitative estimate of drug-likeness (QED) is 0.884. The molecule has 1 aliphatic heterocycles. The van der Waals surface area contributed by atoms with Crippen molar-refractivity contribution in [2.24, 2.45) is 0 Å². The Kier molecular flexibility index (Phi) is 5.21. The summed E-state index contributed by atoms with van der Waals surface area (Å²) >= 11 is 1.35. The molecule has 1 fully saturated rings. The minimum atomic E-state index is -3.52. The summed E-state index contributed by atoms with van der Waals surface area (Å²) in [6, 6.07) is 6.08. The molecule has 1 aromatic heterocycles. The first-order valence-electron chi connectivity index (χ1n) is 8.23. The third-order valence-electron chi connectivity index (χ3n) is 4.30. The molecular weight excluding hydrogens is 358 g/mol. The number of sulfonamides is 1. The molecule has 1 N–H and O–H groups in total. The van der Waals surface area contributed by atoms with Crippen molar-refractivity contribution >= 4 is 32.4 Å². The van der Waals surface area contributed by atoms with E-state index in [1.807, 2.05) is 19.2 Å². The normalized spacial score (nSPS) is 18.9. The summed E-state index contributed by atoms with van der Waals surface area (Å²) in [7, 11) is -3.52. The van der Waals surface area contributed by atoms with E-state index in [0.717, 1.165) is 25.0 Å². The predicted octanol–water partition coefficient (Wildman–Crippen LogP) is 3.27. The van der Waals surface area contributed by atoms with Crippen LogP contribution in [-0.2, 0) is 10.0 Å². The number of nitrogens with zero attached hydrogens (tertiary/aromatic N) is 2. The first-order chi connectivity index (χ1) is 11.9. The lowest BCUT2D eigenvalue weighted by molar-refractivity contribution is 0.102. The molecule has 1 aliphatic rings. The second-order valence-electron chi connectivity index (χ2n) is 6.23. The van der Waals surface area contributed by atoms with E-state index in [1.165, 1.54) is 35.6 Å². The Morgan fingerprint density at radius 3 is 2.60 bits per heavy atom. The molecule has 0 saturated carbocycles. The second-order valence-corrected chi connectivity index (χ2v) is 8.98. The maximum Gasteiger partial charge on any atom is 0.257 e. The maximum absolute atomic E-state index is 12.8. The molecule has 25 heavy (non-hydrogen) atoms. The Morgan fingerprint density at radius 1 is 1.28 bits per heavy atom. The summed E-state index contributed by atoms with van der Waals surface area (Å²) in [4.78, 5) is 16.6. The smallest absolute Gasteiger partial charge is 0.257 e. The van der Waals surface area contributed by atoms with Gasteiger partial charge in [-0.2, -0.15) is 4.31 Å². The van der Waals surface area contributed by atoms with Gasteiger partial charge in [-0.15, -0.1) is 11.3 Å². The lowest BCUT2D eigenvalue weighted by Crippen LogP contribution is -2.41. The monoisotopic (exact) mass is 379 g/mol. The molecule has 0 spiro atoms. The van der Waals surface area contributed by atoms with Crippen LogP contribution in [0.5, 0.6) is 0 Å². The van der Waals surface area contributed by atoms with Gasteiger partial charge in [0.05, 0.1) is 10.6 Å². The van der Waals surface area contributed by atoms with Gasteiger partial charge in [0.1, 0.15) is 0 Å².